The normalized spacial score (nSPS) is 27.0. The van der Waals surface area contributed by atoms with E-state index in [1.165, 1.54) is 6.08 Å². The highest BCUT2D eigenvalue weighted by Gasteiger charge is 2.76. The van der Waals surface area contributed by atoms with Gasteiger partial charge in [-0.3, -0.25) is 4.79 Å². The molecule has 126 valence electrons. The molecule has 6 heteroatoms. The highest BCUT2D eigenvalue weighted by atomic mass is 35.5. The molecule has 1 N–H and O–H groups in total. The van der Waals surface area contributed by atoms with E-state index < -0.39 is 21.4 Å². The summed E-state index contributed by atoms with van der Waals surface area (Å²) >= 11 is 12.4. The predicted molar refractivity (Wildman–Crippen MR) is 89.3 cm³/mol. The van der Waals surface area contributed by atoms with Crippen LogP contribution in [0.3, 0.4) is 0 Å². The lowest BCUT2D eigenvalue weighted by molar-refractivity contribution is -0.127. The number of hydrogen-bond donors (Lipinski definition) is 1. The Labute approximate surface area is 144 Å². The average Bonchev–Trinajstić information content (AvgIpc) is 2.93. The van der Waals surface area contributed by atoms with Gasteiger partial charge in [0, 0.05) is 17.5 Å². The van der Waals surface area contributed by atoms with Gasteiger partial charge >= 0.3 is 0 Å². The van der Waals surface area contributed by atoms with E-state index in [9.17, 15) is 13.6 Å². The molecular formula is C17H19Cl2F2NO. The molecule has 2 nitrogen and oxygen atoms in total. The molecule has 23 heavy (non-hydrogen) atoms. The molecule has 1 aliphatic rings. The minimum Gasteiger partial charge on any atom is -0.350 e. The molecular weight excluding hydrogens is 343 g/mol. The Kier molecular flexibility index (Phi) is 5.07. The van der Waals surface area contributed by atoms with Crippen LogP contribution in [-0.2, 0) is 4.79 Å². The number of alkyl halides is 2. The van der Waals surface area contributed by atoms with Gasteiger partial charge in [-0.15, -0.1) is 23.2 Å². The fraction of sp³-hybridized carbons (Fsp3) is 0.471. The maximum absolute atomic E-state index is 13.5. The third kappa shape index (κ3) is 3.11. The molecule has 0 saturated heterocycles. The largest absolute Gasteiger partial charge is 0.350 e. The number of hydrogen-bond acceptors (Lipinski definition) is 1. The number of carbonyl (C=O) groups is 1. The van der Waals surface area contributed by atoms with Crippen LogP contribution in [0.5, 0.6) is 0 Å². The lowest BCUT2D eigenvalue weighted by atomic mass is 9.99. The van der Waals surface area contributed by atoms with E-state index in [1.54, 1.807) is 13.0 Å². The second-order valence-electron chi connectivity index (χ2n) is 5.96. The Morgan fingerprint density at radius 3 is 2.57 bits per heavy atom. The Bertz CT molecular complexity index is 647. The zero-order valence-electron chi connectivity index (χ0n) is 13.2. The van der Waals surface area contributed by atoms with Crippen LogP contribution >= 0.6 is 23.2 Å². The van der Waals surface area contributed by atoms with Crippen molar-refractivity contribution in [3.8, 4) is 0 Å². The van der Waals surface area contributed by atoms with Gasteiger partial charge in [-0.05, 0) is 31.5 Å². The fourth-order valence-corrected chi connectivity index (χ4v) is 3.99. The number of rotatable bonds is 5. The Balaban J connectivity index is 2.05. The van der Waals surface area contributed by atoms with Crippen molar-refractivity contribution in [3.05, 3.63) is 41.5 Å². The van der Waals surface area contributed by atoms with Gasteiger partial charge in [-0.25, -0.2) is 8.78 Å². The number of amides is 1. The van der Waals surface area contributed by atoms with Crippen molar-refractivity contribution < 1.29 is 13.6 Å². The Morgan fingerprint density at radius 1 is 1.43 bits per heavy atom. The van der Waals surface area contributed by atoms with Crippen molar-refractivity contribution in [2.24, 2.45) is 11.3 Å². The molecule has 0 aliphatic heterocycles. The fourth-order valence-electron chi connectivity index (χ4n) is 2.96. The molecule has 1 fully saturated rings. The predicted octanol–water partition coefficient (Wildman–Crippen LogP) is 4.70. The standard InChI is InChI=1S/C17H19Cl2F2NO/c1-4-16(11(3)17(16,18)19)15(23)22-10(2)5-6-12-9-13(20)7-8-14(12)21/h5-11H,4H2,1-3H3,(H,22,23)/t10?,11-,16+/m0/s1. The number of halogens is 4. The lowest BCUT2D eigenvalue weighted by Crippen LogP contribution is -2.39. The van der Waals surface area contributed by atoms with Crippen LogP contribution in [0.4, 0.5) is 8.78 Å². The summed E-state index contributed by atoms with van der Waals surface area (Å²) in [6.07, 6.45) is 3.56. The van der Waals surface area contributed by atoms with Crippen molar-refractivity contribution in [1.29, 1.82) is 0 Å². The van der Waals surface area contributed by atoms with Crippen LogP contribution in [0.2, 0.25) is 0 Å². The molecule has 0 spiro atoms. The summed E-state index contributed by atoms with van der Waals surface area (Å²) < 4.78 is 25.6. The van der Waals surface area contributed by atoms with Gasteiger partial charge in [0.1, 0.15) is 16.0 Å². The van der Waals surface area contributed by atoms with Crippen LogP contribution in [-0.4, -0.2) is 16.3 Å². The topological polar surface area (TPSA) is 29.1 Å². The van der Waals surface area contributed by atoms with E-state index in [1.807, 2.05) is 13.8 Å². The number of benzene rings is 1. The first kappa shape index (κ1) is 18.2. The Hall–Kier alpha value is -1.13. The van der Waals surface area contributed by atoms with Crippen molar-refractivity contribution >= 4 is 35.2 Å². The maximum atomic E-state index is 13.5. The molecule has 0 bridgehead atoms. The van der Waals surface area contributed by atoms with Crippen molar-refractivity contribution in [2.45, 2.75) is 37.6 Å². The van der Waals surface area contributed by atoms with E-state index in [-0.39, 0.29) is 23.4 Å². The zero-order valence-corrected chi connectivity index (χ0v) is 14.7. The second-order valence-corrected chi connectivity index (χ2v) is 7.34. The first-order valence-corrected chi connectivity index (χ1v) is 8.24. The number of nitrogens with one attached hydrogen (secondary N) is 1. The van der Waals surface area contributed by atoms with Crippen molar-refractivity contribution in [1.82, 2.24) is 5.32 Å². The summed E-state index contributed by atoms with van der Waals surface area (Å²) in [6, 6.07) is 2.84. The first-order chi connectivity index (χ1) is 10.7. The maximum Gasteiger partial charge on any atom is 0.230 e. The lowest BCUT2D eigenvalue weighted by Gasteiger charge is -2.18. The summed E-state index contributed by atoms with van der Waals surface area (Å²) in [6.45, 7) is 5.45. The minimum absolute atomic E-state index is 0.125. The molecule has 1 aliphatic carbocycles. The van der Waals surface area contributed by atoms with Crippen LogP contribution in [0.15, 0.2) is 24.3 Å². The highest BCUT2D eigenvalue weighted by Crippen LogP contribution is 2.70. The monoisotopic (exact) mass is 361 g/mol. The van der Waals surface area contributed by atoms with Gasteiger partial charge in [0.15, 0.2) is 0 Å². The van der Waals surface area contributed by atoms with Gasteiger partial charge in [-0.2, -0.15) is 0 Å². The van der Waals surface area contributed by atoms with Crippen LogP contribution in [0.1, 0.15) is 32.8 Å². The van der Waals surface area contributed by atoms with Crippen molar-refractivity contribution in [2.75, 3.05) is 0 Å². The van der Waals surface area contributed by atoms with E-state index in [2.05, 4.69) is 5.32 Å². The van der Waals surface area contributed by atoms with E-state index in [4.69, 9.17) is 23.2 Å². The van der Waals surface area contributed by atoms with Gasteiger partial charge in [-0.1, -0.05) is 26.0 Å². The zero-order chi connectivity index (χ0) is 17.4. The molecule has 1 saturated carbocycles. The first-order valence-electron chi connectivity index (χ1n) is 7.48. The van der Waals surface area contributed by atoms with Gasteiger partial charge in [0.05, 0.1) is 5.41 Å². The second kappa shape index (κ2) is 6.40. The third-order valence-electron chi connectivity index (χ3n) is 4.64. The van der Waals surface area contributed by atoms with E-state index in [0.29, 0.717) is 6.42 Å². The van der Waals surface area contributed by atoms with Crippen LogP contribution < -0.4 is 5.32 Å². The third-order valence-corrected chi connectivity index (χ3v) is 5.97. The molecule has 1 unspecified atom stereocenters. The highest BCUT2D eigenvalue weighted by molar-refractivity contribution is 6.53. The van der Waals surface area contributed by atoms with Gasteiger partial charge < -0.3 is 5.32 Å². The summed E-state index contributed by atoms with van der Waals surface area (Å²) in [4.78, 5) is 12.5. The molecule has 1 aromatic carbocycles. The smallest absolute Gasteiger partial charge is 0.230 e. The molecule has 0 heterocycles. The number of carbonyl (C=O) groups excluding carboxylic acids is 1. The van der Waals surface area contributed by atoms with E-state index in [0.717, 1.165) is 18.2 Å². The molecule has 2 rings (SSSR count). The van der Waals surface area contributed by atoms with E-state index >= 15 is 0 Å². The summed E-state index contributed by atoms with van der Waals surface area (Å²) in [7, 11) is 0. The average molecular weight is 362 g/mol. The van der Waals surface area contributed by atoms with Crippen LogP contribution in [0, 0.1) is 23.0 Å². The Morgan fingerprint density at radius 2 is 2.04 bits per heavy atom. The quantitative estimate of drug-likeness (QED) is 0.756. The van der Waals surface area contributed by atoms with Crippen LogP contribution in [0.25, 0.3) is 6.08 Å². The summed E-state index contributed by atoms with van der Waals surface area (Å²) in [5.74, 6) is -1.41. The molecule has 1 amide bonds. The molecule has 0 radical (unpaired) electrons. The minimum atomic E-state index is -1.07. The SMILES string of the molecule is CC[C@]1(C(=O)NC(C)C=Cc2cc(F)ccc2F)[C@H](C)C1(Cl)Cl. The van der Waals surface area contributed by atoms with Gasteiger partial charge in [0.25, 0.3) is 0 Å². The molecule has 3 atom stereocenters. The van der Waals surface area contributed by atoms with Crippen molar-refractivity contribution in [3.63, 3.8) is 0 Å². The van der Waals surface area contributed by atoms with Gasteiger partial charge in [0.2, 0.25) is 5.91 Å². The molecule has 0 aromatic heterocycles. The summed E-state index contributed by atoms with van der Waals surface area (Å²) in [5, 5.41) is 2.81. The summed E-state index contributed by atoms with van der Waals surface area (Å²) in [5.41, 5.74) is -0.678. The molecule has 1 aromatic rings.